The van der Waals surface area contributed by atoms with E-state index >= 15 is 0 Å². The maximum Gasteiger partial charge on any atom is 0.356 e. The molecule has 1 unspecified atom stereocenters. The van der Waals surface area contributed by atoms with Gasteiger partial charge in [-0.2, -0.15) is 5.06 Å². The number of unbranched alkanes of at least 4 members (excludes halogenated alkanes) is 6. The molecule has 0 bridgehead atoms. The molecule has 0 aliphatic rings. The van der Waals surface area contributed by atoms with Gasteiger partial charge in [-0.05, 0) is 12.8 Å². The summed E-state index contributed by atoms with van der Waals surface area (Å²) < 4.78 is 0. The van der Waals surface area contributed by atoms with Gasteiger partial charge >= 0.3 is 5.97 Å². The topological polar surface area (TPSA) is 98.1 Å². The Bertz CT molecular complexity index is 303. The van der Waals surface area contributed by atoms with Crippen LogP contribution in [0.4, 0.5) is 0 Å². The highest BCUT2D eigenvalue weighted by molar-refractivity contribution is 5.89. The van der Waals surface area contributed by atoms with Gasteiger partial charge in [-0.25, -0.2) is 4.79 Å². The lowest BCUT2D eigenvalue weighted by molar-refractivity contribution is -0.211. The van der Waals surface area contributed by atoms with Gasteiger partial charge in [0.25, 0.3) is 12.1 Å². The van der Waals surface area contributed by atoms with Gasteiger partial charge in [0.2, 0.25) is 0 Å². The fourth-order valence-corrected chi connectivity index (χ4v) is 1.53. The molecule has 1 amide bonds. The summed E-state index contributed by atoms with van der Waals surface area (Å²) in [5.74, 6) is -2.62. The molecule has 0 aromatic rings. The number of hydroxylamine groups is 2. The largest absolute Gasteiger partial charge is 0.478 e. The number of aliphatic carboxylic acids is 1. The van der Waals surface area contributed by atoms with Crippen molar-refractivity contribution in [1.29, 1.82) is 0 Å². The van der Waals surface area contributed by atoms with Crippen LogP contribution in [0.5, 0.6) is 0 Å². The van der Waals surface area contributed by atoms with Crippen LogP contribution < -0.4 is 0 Å². The number of carbonyl (C=O) groups is 2. The molecule has 0 radical (unpaired) electrons. The van der Waals surface area contributed by atoms with Crippen molar-refractivity contribution in [2.45, 2.75) is 58.1 Å². The van der Waals surface area contributed by atoms with Crippen LogP contribution in [0.15, 0.2) is 12.2 Å². The highest BCUT2D eigenvalue weighted by Crippen LogP contribution is 2.07. The Morgan fingerprint density at radius 3 is 2.32 bits per heavy atom. The van der Waals surface area contributed by atoms with Crippen LogP contribution in [0, 0.1) is 0 Å². The van der Waals surface area contributed by atoms with Crippen LogP contribution in [0.3, 0.4) is 0 Å². The molecule has 6 nitrogen and oxygen atoms in total. The smallest absolute Gasteiger partial charge is 0.356 e. The molecule has 0 saturated heterocycles. The second-order valence-electron chi connectivity index (χ2n) is 4.35. The molecular formula is C13H23NO5. The minimum atomic E-state index is -2.23. The molecule has 1 atom stereocenters. The quantitative estimate of drug-likeness (QED) is 0.186. The summed E-state index contributed by atoms with van der Waals surface area (Å²) in [6.45, 7) is 2.15. The Kier molecular flexibility index (Phi) is 9.74. The summed E-state index contributed by atoms with van der Waals surface area (Å²) >= 11 is 0. The molecule has 0 aromatic carbocycles. The number of hydrogen-bond donors (Lipinski definition) is 3. The molecule has 0 aliphatic heterocycles. The fraction of sp³-hybridized carbons (Fsp3) is 0.692. The third kappa shape index (κ3) is 8.34. The van der Waals surface area contributed by atoms with E-state index in [1.807, 2.05) is 0 Å². The number of hydrogen-bond acceptors (Lipinski definition) is 4. The van der Waals surface area contributed by atoms with Crippen molar-refractivity contribution >= 4 is 11.9 Å². The van der Waals surface area contributed by atoms with Gasteiger partial charge in [0, 0.05) is 6.08 Å². The molecule has 0 spiro atoms. The summed E-state index contributed by atoms with van der Waals surface area (Å²) in [7, 11) is 0. The van der Waals surface area contributed by atoms with Crippen molar-refractivity contribution in [1.82, 2.24) is 5.06 Å². The van der Waals surface area contributed by atoms with Gasteiger partial charge in [0.1, 0.15) is 0 Å². The maximum absolute atomic E-state index is 11.2. The summed E-state index contributed by atoms with van der Waals surface area (Å²) in [6.07, 6.45) is 7.94. The molecule has 19 heavy (non-hydrogen) atoms. The Labute approximate surface area is 113 Å². The van der Waals surface area contributed by atoms with E-state index in [0.717, 1.165) is 18.9 Å². The first-order chi connectivity index (χ1) is 9.00. The molecular weight excluding hydrogens is 250 g/mol. The first-order valence-electron chi connectivity index (χ1n) is 6.60. The highest BCUT2D eigenvalue weighted by Gasteiger charge is 2.24. The Morgan fingerprint density at radius 1 is 1.16 bits per heavy atom. The van der Waals surface area contributed by atoms with Crippen molar-refractivity contribution in [3.05, 3.63) is 12.2 Å². The number of allylic oxidation sites excluding steroid dienone is 1. The predicted octanol–water partition coefficient (Wildman–Crippen LogP) is 1.91. The summed E-state index contributed by atoms with van der Waals surface area (Å²) in [6, 6.07) is 0. The van der Waals surface area contributed by atoms with Gasteiger partial charge in [0.15, 0.2) is 0 Å². The monoisotopic (exact) mass is 273 g/mol. The van der Waals surface area contributed by atoms with Crippen molar-refractivity contribution in [2.75, 3.05) is 0 Å². The van der Waals surface area contributed by atoms with Gasteiger partial charge in [0.05, 0.1) is 0 Å². The van der Waals surface area contributed by atoms with Crippen LogP contribution in [-0.4, -0.2) is 38.6 Å². The second kappa shape index (κ2) is 10.5. The van der Waals surface area contributed by atoms with Crippen LogP contribution >= 0.6 is 0 Å². The standard InChI is InChI=1S/C13H23NO5/c1-2-3-4-5-6-7-8-9-10-11(15)14(19)12(16)13(17)18/h9-10,12,16,19H,2-8H2,1H3,(H,17,18). The van der Waals surface area contributed by atoms with E-state index < -0.39 is 18.1 Å². The highest BCUT2D eigenvalue weighted by atomic mass is 16.6. The van der Waals surface area contributed by atoms with Crippen LogP contribution in [0.2, 0.25) is 0 Å². The van der Waals surface area contributed by atoms with Crippen molar-refractivity contribution in [3.63, 3.8) is 0 Å². The fourth-order valence-electron chi connectivity index (χ4n) is 1.53. The number of carboxylic acids is 1. The molecule has 0 saturated carbocycles. The SMILES string of the molecule is CCCCCCCCC=CC(=O)N(O)C(O)C(=O)O. The third-order valence-electron chi connectivity index (χ3n) is 2.66. The molecule has 0 aliphatic carbocycles. The molecule has 0 rings (SSSR count). The number of rotatable bonds is 10. The van der Waals surface area contributed by atoms with E-state index in [1.54, 1.807) is 6.08 Å². The lowest BCUT2D eigenvalue weighted by atomic mass is 10.1. The van der Waals surface area contributed by atoms with E-state index in [2.05, 4.69) is 6.92 Å². The number of carboxylic acid groups (broad SMARTS) is 1. The molecule has 0 fully saturated rings. The van der Waals surface area contributed by atoms with E-state index in [1.165, 1.54) is 25.7 Å². The zero-order chi connectivity index (χ0) is 14.7. The normalized spacial score (nSPS) is 12.6. The van der Waals surface area contributed by atoms with E-state index in [4.69, 9.17) is 15.4 Å². The van der Waals surface area contributed by atoms with Crippen LogP contribution in [-0.2, 0) is 9.59 Å². The second-order valence-corrected chi connectivity index (χ2v) is 4.35. The molecule has 0 heterocycles. The van der Waals surface area contributed by atoms with Gasteiger partial charge in [-0.1, -0.05) is 45.1 Å². The average Bonchev–Trinajstić information content (AvgIpc) is 2.39. The van der Waals surface area contributed by atoms with Crippen molar-refractivity contribution in [3.8, 4) is 0 Å². The zero-order valence-electron chi connectivity index (χ0n) is 11.3. The lowest BCUT2D eigenvalue weighted by Crippen LogP contribution is -2.41. The predicted molar refractivity (Wildman–Crippen MR) is 69.4 cm³/mol. The first-order valence-corrected chi connectivity index (χ1v) is 6.60. The lowest BCUT2D eigenvalue weighted by Gasteiger charge is -2.15. The summed E-state index contributed by atoms with van der Waals surface area (Å²) in [4.78, 5) is 21.5. The molecule has 0 aromatic heterocycles. The number of carbonyl (C=O) groups excluding carboxylic acids is 1. The Hall–Kier alpha value is -1.40. The molecule has 3 N–H and O–H groups in total. The van der Waals surface area contributed by atoms with Crippen LogP contribution in [0.25, 0.3) is 0 Å². The van der Waals surface area contributed by atoms with E-state index in [-0.39, 0.29) is 5.06 Å². The molecule has 6 heteroatoms. The maximum atomic E-state index is 11.2. The van der Waals surface area contributed by atoms with Crippen molar-refractivity contribution < 1.29 is 25.0 Å². The number of aliphatic hydroxyl groups excluding tert-OH is 1. The van der Waals surface area contributed by atoms with E-state index in [9.17, 15) is 9.59 Å². The van der Waals surface area contributed by atoms with Crippen molar-refractivity contribution in [2.24, 2.45) is 0 Å². The Balaban J connectivity index is 3.76. The summed E-state index contributed by atoms with van der Waals surface area (Å²) in [5, 5.41) is 26.1. The third-order valence-corrected chi connectivity index (χ3v) is 2.66. The minimum absolute atomic E-state index is 0.208. The molecule has 110 valence electrons. The van der Waals surface area contributed by atoms with Gasteiger partial charge in [-0.15, -0.1) is 0 Å². The first kappa shape index (κ1) is 17.6. The number of aliphatic hydroxyl groups is 1. The number of nitrogens with zero attached hydrogens (tertiary/aromatic N) is 1. The van der Waals surface area contributed by atoms with Gasteiger partial charge < -0.3 is 10.2 Å². The summed E-state index contributed by atoms with van der Waals surface area (Å²) in [5.41, 5.74) is 0. The van der Waals surface area contributed by atoms with Crippen LogP contribution in [0.1, 0.15) is 51.9 Å². The minimum Gasteiger partial charge on any atom is -0.478 e. The average molecular weight is 273 g/mol. The Morgan fingerprint density at radius 2 is 1.74 bits per heavy atom. The van der Waals surface area contributed by atoms with E-state index in [0.29, 0.717) is 6.42 Å². The zero-order valence-corrected chi connectivity index (χ0v) is 11.3. The number of amides is 1. The van der Waals surface area contributed by atoms with Gasteiger partial charge in [-0.3, -0.25) is 10.0 Å².